The summed E-state index contributed by atoms with van der Waals surface area (Å²) in [4.78, 5) is 27.9. The fourth-order valence-electron chi connectivity index (χ4n) is 2.28. The van der Waals surface area contributed by atoms with Crippen LogP contribution >= 0.6 is 0 Å². The minimum Gasteiger partial charge on any atom is -0.349 e. The molecule has 128 valence electrons. The molecule has 1 atom stereocenters. The lowest BCUT2D eigenvalue weighted by atomic mass is 10.1. The van der Waals surface area contributed by atoms with Gasteiger partial charge in [0.2, 0.25) is 5.91 Å². The largest absolute Gasteiger partial charge is 0.349 e. The highest BCUT2D eigenvalue weighted by atomic mass is 16.2. The predicted molar refractivity (Wildman–Crippen MR) is 94.5 cm³/mol. The number of carbonyl (C=O) groups excluding carboxylic acids is 2. The van der Waals surface area contributed by atoms with Crippen molar-refractivity contribution >= 4 is 17.6 Å². The van der Waals surface area contributed by atoms with Gasteiger partial charge in [0.25, 0.3) is 0 Å². The topological polar surface area (TPSA) is 52.7 Å². The highest BCUT2D eigenvalue weighted by Gasteiger charge is 2.22. The summed E-state index contributed by atoms with van der Waals surface area (Å²) in [5.41, 5.74) is 1.52. The quantitative estimate of drug-likeness (QED) is 0.875. The number of urea groups is 1. The second kappa shape index (κ2) is 8.56. The average Bonchev–Trinajstić information content (AvgIpc) is 2.49. The first-order valence-electron chi connectivity index (χ1n) is 8.13. The van der Waals surface area contributed by atoms with Gasteiger partial charge in [0.05, 0.1) is 6.42 Å². The van der Waals surface area contributed by atoms with E-state index in [9.17, 15) is 9.59 Å². The van der Waals surface area contributed by atoms with Crippen LogP contribution in [0.2, 0.25) is 0 Å². The molecule has 5 heteroatoms. The van der Waals surface area contributed by atoms with Crippen molar-refractivity contribution in [2.45, 2.75) is 40.2 Å². The zero-order valence-corrected chi connectivity index (χ0v) is 15.1. The number of carbonyl (C=O) groups is 2. The van der Waals surface area contributed by atoms with Gasteiger partial charge in [0.15, 0.2) is 0 Å². The molecule has 0 unspecified atom stereocenters. The van der Waals surface area contributed by atoms with Crippen molar-refractivity contribution in [3.05, 3.63) is 29.8 Å². The highest BCUT2D eigenvalue weighted by Crippen LogP contribution is 2.18. The number of para-hydroxylation sites is 1. The Kier molecular flexibility index (Phi) is 7.07. The molecule has 23 heavy (non-hydrogen) atoms. The Hall–Kier alpha value is -2.04. The van der Waals surface area contributed by atoms with Crippen LogP contribution in [-0.2, 0) is 11.2 Å². The van der Waals surface area contributed by atoms with E-state index in [1.54, 1.807) is 19.0 Å². The molecule has 0 heterocycles. The third-order valence-electron chi connectivity index (χ3n) is 4.16. The summed E-state index contributed by atoms with van der Waals surface area (Å²) < 4.78 is 0. The van der Waals surface area contributed by atoms with Crippen LogP contribution < -0.4 is 5.32 Å². The number of anilines is 1. The van der Waals surface area contributed by atoms with Crippen LogP contribution in [0.15, 0.2) is 24.3 Å². The monoisotopic (exact) mass is 319 g/mol. The number of benzene rings is 1. The van der Waals surface area contributed by atoms with Crippen LogP contribution in [0.25, 0.3) is 0 Å². The van der Waals surface area contributed by atoms with E-state index in [4.69, 9.17) is 0 Å². The second-order valence-corrected chi connectivity index (χ2v) is 6.32. The van der Waals surface area contributed by atoms with E-state index < -0.39 is 0 Å². The third-order valence-corrected chi connectivity index (χ3v) is 4.16. The number of rotatable bonds is 6. The number of hydrogen-bond donors (Lipinski definition) is 1. The molecule has 0 aliphatic rings. The number of nitrogens with zero attached hydrogens (tertiary/aromatic N) is 2. The standard InChI is InChI=1S/C18H29N3O2/c1-7-21(14(4)13(2)3)18(23)19-16-11-9-8-10-15(16)12-17(22)20(5)6/h8-11,13-14H,7,12H2,1-6H3,(H,19,23)/t14-/m1/s1. The Labute approximate surface area is 139 Å². The first kappa shape index (κ1) is 19.0. The molecular weight excluding hydrogens is 290 g/mol. The molecule has 0 aromatic heterocycles. The summed E-state index contributed by atoms with van der Waals surface area (Å²) in [6, 6.07) is 7.47. The molecule has 0 saturated heterocycles. The van der Waals surface area contributed by atoms with Gasteiger partial charge in [-0.25, -0.2) is 4.79 Å². The fraction of sp³-hybridized carbons (Fsp3) is 0.556. The summed E-state index contributed by atoms with van der Waals surface area (Å²) in [5, 5.41) is 2.96. The van der Waals surface area contributed by atoms with Crippen molar-refractivity contribution < 1.29 is 9.59 Å². The molecule has 1 aromatic carbocycles. The van der Waals surface area contributed by atoms with Crippen LogP contribution in [0.4, 0.5) is 10.5 Å². The van der Waals surface area contributed by atoms with Gasteiger partial charge in [0.1, 0.15) is 0 Å². The van der Waals surface area contributed by atoms with Crippen molar-refractivity contribution in [2.24, 2.45) is 5.92 Å². The van der Waals surface area contributed by atoms with E-state index in [1.165, 1.54) is 0 Å². The van der Waals surface area contributed by atoms with Gasteiger partial charge in [-0.3, -0.25) is 4.79 Å². The Balaban J connectivity index is 2.91. The van der Waals surface area contributed by atoms with Crippen molar-refractivity contribution in [1.82, 2.24) is 9.80 Å². The van der Waals surface area contributed by atoms with Crippen LogP contribution in [0, 0.1) is 5.92 Å². The molecule has 5 nitrogen and oxygen atoms in total. The minimum atomic E-state index is -0.126. The van der Waals surface area contributed by atoms with Gasteiger partial charge < -0.3 is 15.1 Å². The molecule has 0 spiro atoms. The van der Waals surface area contributed by atoms with E-state index in [1.807, 2.05) is 36.1 Å². The molecule has 1 rings (SSSR count). The summed E-state index contributed by atoms with van der Waals surface area (Å²) in [7, 11) is 3.46. The number of likely N-dealkylation sites (N-methyl/N-ethyl adjacent to an activating group) is 1. The molecule has 0 saturated carbocycles. The van der Waals surface area contributed by atoms with Crippen LogP contribution in [0.5, 0.6) is 0 Å². The molecule has 0 radical (unpaired) electrons. The molecule has 0 fully saturated rings. The zero-order chi connectivity index (χ0) is 17.6. The average molecular weight is 319 g/mol. The van der Waals surface area contributed by atoms with E-state index >= 15 is 0 Å². The zero-order valence-electron chi connectivity index (χ0n) is 15.1. The molecule has 3 amide bonds. The Morgan fingerprint density at radius 2 is 1.74 bits per heavy atom. The van der Waals surface area contributed by atoms with Crippen LogP contribution in [0.1, 0.15) is 33.3 Å². The van der Waals surface area contributed by atoms with E-state index in [0.717, 1.165) is 5.56 Å². The maximum atomic E-state index is 12.6. The van der Waals surface area contributed by atoms with E-state index in [0.29, 0.717) is 18.2 Å². The Morgan fingerprint density at radius 1 is 1.13 bits per heavy atom. The fourth-order valence-corrected chi connectivity index (χ4v) is 2.28. The first-order chi connectivity index (χ1) is 10.8. The van der Waals surface area contributed by atoms with Gasteiger partial charge in [-0.15, -0.1) is 0 Å². The SMILES string of the molecule is CCN(C(=O)Nc1ccccc1CC(=O)N(C)C)[C@H](C)C(C)C. The van der Waals surface area contributed by atoms with Crippen molar-refractivity contribution in [3.63, 3.8) is 0 Å². The van der Waals surface area contributed by atoms with Crippen molar-refractivity contribution in [2.75, 3.05) is 26.0 Å². The van der Waals surface area contributed by atoms with Gasteiger partial charge in [0, 0.05) is 32.4 Å². The normalized spacial score (nSPS) is 12.0. The second-order valence-electron chi connectivity index (χ2n) is 6.32. The number of amides is 3. The van der Waals surface area contributed by atoms with E-state index in [-0.39, 0.29) is 24.4 Å². The predicted octanol–water partition coefficient (Wildman–Crippen LogP) is 3.22. The molecular formula is C18H29N3O2. The van der Waals surface area contributed by atoms with E-state index in [2.05, 4.69) is 26.1 Å². The minimum absolute atomic E-state index is 0.00888. The summed E-state index contributed by atoms with van der Waals surface area (Å²) >= 11 is 0. The van der Waals surface area contributed by atoms with Gasteiger partial charge in [-0.1, -0.05) is 32.0 Å². The Bertz CT molecular complexity index is 541. The van der Waals surface area contributed by atoms with Crippen LogP contribution in [0.3, 0.4) is 0 Å². The number of hydrogen-bond acceptors (Lipinski definition) is 2. The maximum absolute atomic E-state index is 12.6. The third kappa shape index (κ3) is 5.27. The lowest BCUT2D eigenvalue weighted by Gasteiger charge is -2.31. The summed E-state index contributed by atoms with van der Waals surface area (Å²) in [6.07, 6.45) is 0.273. The lowest BCUT2D eigenvalue weighted by Crippen LogP contribution is -2.43. The molecule has 0 bridgehead atoms. The summed E-state index contributed by atoms with van der Waals surface area (Å²) in [6.45, 7) is 8.87. The maximum Gasteiger partial charge on any atom is 0.322 e. The molecule has 0 aliphatic carbocycles. The highest BCUT2D eigenvalue weighted by molar-refractivity contribution is 5.91. The van der Waals surface area contributed by atoms with Gasteiger partial charge >= 0.3 is 6.03 Å². The van der Waals surface area contributed by atoms with Gasteiger partial charge in [-0.05, 0) is 31.4 Å². The molecule has 1 aromatic rings. The molecule has 0 aliphatic heterocycles. The van der Waals surface area contributed by atoms with Gasteiger partial charge in [-0.2, -0.15) is 0 Å². The first-order valence-corrected chi connectivity index (χ1v) is 8.13. The summed E-state index contributed by atoms with van der Waals surface area (Å²) in [5.74, 6) is 0.390. The molecule has 1 N–H and O–H groups in total. The Morgan fingerprint density at radius 3 is 2.26 bits per heavy atom. The van der Waals surface area contributed by atoms with Crippen molar-refractivity contribution in [3.8, 4) is 0 Å². The van der Waals surface area contributed by atoms with Crippen molar-refractivity contribution in [1.29, 1.82) is 0 Å². The smallest absolute Gasteiger partial charge is 0.322 e. The lowest BCUT2D eigenvalue weighted by molar-refractivity contribution is -0.127. The van der Waals surface area contributed by atoms with Crippen LogP contribution in [-0.4, -0.2) is 48.4 Å². The number of nitrogens with one attached hydrogen (secondary N) is 1.